The molecule has 0 fully saturated rings. The van der Waals surface area contributed by atoms with Crippen LogP contribution in [0, 0.1) is 6.92 Å². The highest BCUT2D eigenvalue weighted by atomic mass is 16.5. The topological polar surface area (TPSA) is 70.9 Å². The van der Waals surface area contributed by atoms with E-state index in [9.17, 15) is 4.79 Å². The molecule has 0 aromatic heterocycles. The van der Waals surface area contributed by atoms with Crippen molar-refractivity contribution in [3.63, 3.8) is 0 Å². The number of rotatable bonds is 7. The smallest absolute Gasteiger partial charge is 0.335 e. The Morgan fingerprint density at radius 3 is 2.63 bits per heavy atom. The molecule has 0 atom stereocenters. The van der Waals surface area contributed by atoms with Crippen LogP contribution in [-0.4, -0.2) is 17.3 Å². The number of carboxylic acids is 1. The number of aryl methyl sites for hydroxylation is 1. The van der Waals surface area contributed by atoms with Gasteiger partial charge in [0, 0.05) is 0 Å². The van der Waals surface area contributed by atoms with Crippen LogP contribution in [0.4, 0.5) is 5.69 Å². The number of carbonyl (C=O) groups is 1. The highest BCUT2D eigenvalue weighted by molar-refractivity contribution is 5.89. The minimum atomic E-state index is -0.971. The number of aromatic carboxylic acids is 1. The van der Waals surface area contributed by atoms with Crippen molar-refractivity contribution in [2.45, 2.75) is 13.5 Å². The lowest BCUT2D eigenvalue weighted by molar-refractivity contribution is 0.0697. The van der Waals surface area contributed by atoms with Crippen molar-refractivity contribution in [2.24, 2.45) is 5.10 Å². The second-order valence-electron chi connectivity index (χ2n) is 6.10. The minimum Gasteiger partial charge on any atom is -0.489 e. The number of anilines is 1. The molecule has 0 heterocycles. The predicted molar refractivity (Wildman–Crippen MR) is 107 cm³/mol. The molecular formula is C22H20N2O3. The van der Waals surface area contributed by atoms with Gasteiger partial charge in [-0.1, -0.05) is 48.0 Å². The van der Waals surface area contributed by atoms with Crippen LogP contribution in [-0.2, 0) is 6.61 Å². The van der Waals surface area contributed by atoms with E-state index >= 15 is 0 Å². The van der Waals surface area contributed by atoms with E-state index in [1.807, 2.05) is 24.3 Å². The van der Waals surface area contributed by atoms with Gasteiger partial charge >= 0.3 is 5.97 Å². The molecule has 0 aliphatic heterocycles. The first kappa shape index (κ1) is 18.2. The summed E-state index contributed by atoms with van der Waals surface area (Å²) in [7, 11) is 0. The number of carboxylic acid groups (broad SMARTS) is 1. The molecule has 5 nitrogen and oxygen atoms in total. The number of benzene rings is 3. The Bertz CT molecular complexity index is 950. The van der Waals surface area contributed by atoms with Gasteiger partial charge in [0.15, 0.2) is 0 Å². The lowest BCUT2D eigenvalue weighted by atomic mass is 10.2. The second kappa shape index (κ2) is 8.67. The summed E-state index contributed by atoms with van der Waals surface area (Å²) in [4.78, 5) is 11.0. The normalized spacial score (nSPS) is 10.7. The molecule has 3 aromatic rings. The SMILES string of the molecule is Cc1ccc(COc2cccc(C=NNc3cccc(C(=O)O)c3)c2)cc1. The summed E-state index contributed by atoms with van der Waals surface area (Å²) in [6.45, 7) is 2.56. The molecule has 0 saturated carbocycles. The molecule has 136 valence electrons. The molecule has 0 saturated heterocycles. The monoisotopic (exact) mass is 360 g/mol. The van der Waals surface area contributed by atoms with E-state index in [-0.39, 0.29) is 5.56 Å². The first-order valence-electron chi connectivity index (χ1n) is 8.51. The number of ether oxygens (including phenoxy) is 1. The molecule has 0 spiro atoms. The van der Waals surface area contributed by atoms with E-state index in [1.54, 1.807) is 18.3 Å². The van der Waals surface area contributed by atoms with Crippen molar-refractivity contribution in [1.29, 1.82) is 0 Å². The Morgan fingerprint density at radius 2 is 1.85 bits per heavy atom. The first-order valence-corrected chi connectivity index (χ1v) is 8.51. The number of hydrazone groups is 1. The summed E-state index contributed by atoms with van der Waals surface area (Å²) in [6, 6.07) is 22.3. The molecule has 0 aliphatic carbocycles. The van der Waals surface area contributed by atoms with Crippen LogP contribution in [0.5, 0.6) is 5.75 Å². The van der Waals surface area contributed by atoms with Gasteiger partial charge in [-0.3, -0.25) is 5.43 Å². The van der Waals surface area contributed by atoms with Gasteiger partial charge in [0.05, 0.1) is 17.5 Å². The zero-order valence-electron chi connectivity index (χ0n) is 14.9. The molecule has 5 heteroatoms. The van der Waals surface area contributed by atoms with Crippen molar-refractivity contribution in [3.8, 4) is 5.75 Å². The molecule has 0 radical (unpaired) electrons. The quantitative estimate of drug-likeness (QED) is 0.472. The van der Waals surface area contributed by atoms with E-state index in [1.165, 1.54) is 17.7 Å². The molecular weight excluding hydrogens is 340 g/mol. The fourth-order valence-corrected chi connectivity index (χ4v) is 2.44. The van der Waals surface area contributed by atoms with E-state index in [0.717, 1.165) is 16.9 Å². The van der Waals surface area contributed by atoms with Crippen molar-refractivity contribution in [3.05, 3.63) is 95.1 Å². The van der Waals surface area contributed by atoms with Crippen LogP contribution in [0.2, 0.25) is 0 Å². The molecule has 0 bridgehead atoms. The van der Waals surface area contributed by atoms with Gasteiger partial charge in [-0.05, 0) is 48.4 Å². The van der Waals surface area contributed by atoms with E-state index in [0.29, 0.717) is 12.3 Å². The van der Waals surface area contributed by atoms with Crippen LogP contribution in [0.15, 0.2) is 77.9 Å². The summed E-state index contributed by atoms with van der Waals surface area (Å²) in [5, 5.41) is 13.2. The Kier molecular flexibility index (Phi) is 5.84. The van der Waals surface area contributed by atoms with E-state index in [2.05, 4.69) is 41.7 Å². The molecule has 2 N–H and O–H groups in total. The third-order valence-electron chi connectivity index (χ3n) is 3.90. The Labute approximate surface area is 157 Å². The second-order valence-corrected chi connectivity index (χ2v) is 6.10. The minimum absolute atomic E-state index is 0.210. The zero-order chi connectivity index (χ0) is 19.1. The first-order chi connectivity index (χ1) is 13.1. The lowest BCUT2D eigenvalue weighted by Gasteiger charge is -2.07. The maximum atomic E-state index is 11.0. The van der Waals surface area contributed by atoms with Crippen LogP contribution in [0.3, 0.4) is 0 Å². The van der Waals surface area contributed by atoms with Gasteiger partial charge < -0.3 is 9.84 Å². The molecule has 0 aliphatic rings. The fourth-order valence-electron chi connectivity index (χ4n) is 2.44. The van der Waals surface area contributed by atoms with Gasteiger partial charge in [0.1, 0.15) is 12.4 Å². The summed E-state index contributed by atoms with van der Waals surface area (Å²) < 4.78 is 5.83. The maximum absolute atomic E-state index is 11.0. The van der Waals surface area contributed by atoms with Gasteiger partial charge in [0.25, 0.3) is 0 Å². The predicted octanol–water partition coefficient (Wildman–Crippen LogP) is 4.72. The third-order valence-corrected chi connectivity index (χ3v) is 3.90. The Morgan fingerprint density at radius 1 is 1.07 bits per heavy atom. The number of hydrogen-bond donors (Lipinski definition) is 2. The maximum Gasteiger partial charge on any atom is 0.335 e. The summed E-state index contributed by atoms with van der Waals surface area (Å²) in [5.41, 5.74) is 6.86. The summed E-state index contributed by atoms with van der Waals surface area (Å²) in [5.74, 6) is -0.214. The van der Waals surface area contributed by atoms with Crippen LogP contribution in [0.1, 0.15) is 27.0 Å². The van der Waals surface area contributed by atoms with Crippen LogP contribution in [0.25, 0.3) is 0 Å². The Hall–Kier alpha value is -3.60. The van der Waals surface area contributed by atoms with Gasteiger partial charge in [-0.15, -0.1) is 0 Å². The summed E-state index contributed by atoms with van der Waals surface area (Å²) >= 11 is 0. The largest absolute Gasteiger partial charge is 0.489 e. The fraction of sp³-hybridized carbons (Fsp3) is 0.0909. The molecule has 0 amide bonds. The third kappa shape index (κ3) is 5.44. The van der Waals surface area contributed by atoms with E-state index < -0.39 is 5.97 Å². The van der Waals surface area contributed by atoms with Crippen molar-refractivity contribution in [2.75, 3.05) is 5.43 Å². The summed E-state index contributed by atoms with van der Waals surface area (Å²) in [6.07, 6.45) is 1.66. The highest BCUT2D eigenvalue weighted by Crippen LogP contribution is 2.15. The van der Waals surface area contributed by atoms with Crippen LogP contribution >= 0.6 is 0 Å². The molecule has 3 aromatic carbocycles. The number of nitrogens with zero attached hydrogens (tertiary/aromatic N) is 1. The molecule has 0 unspecified atom stereocenters. The number of nitrogens with one attached hydrogen (secondary N) is 1. The van der Waals surface area contributed by atoms with E-state index in [4.69, 9.17) is 9.84 Å². The lowest BCUT2D eigenvalue weighted by Crippen LogP contribution is -1.98. The number of hydrogen-bond acceptors (Lipinski definition) is 4. The highest BCUT2D eigenvalue weighted by Gasteiger charge is 2.02. The zero-order valence-corrected chi connectivity index (χ0v) is 14.9. The van der Waals surface area contributed by atoms with Gasteiger partial charge in [-0.2, -0.15) is 5.10 Å². The molecule has 27 heavy (non-hydrogen) atoms. The van der Waals surface area contributed by atoms with Crippen molar-refractivity contribution < 1.29 is 14.6 Å². The average molecular weight is 360 g/mol. The average Bonchev–Trinajstić information content (AvgIpc) is 2.68. The Balaban J connectivity index is 1.60. The molecule has 3 rings (SSSR count). The van der Waals surface area contributed by atoms with Crippen molar-refractivity contribution in [1.82, 2.24) is 0 Å². The van der Waals surface area contributed by atoms with Crippen molar-refractivity contribution >= 4 is 17.9 Å². The van der Waals surface area contributed by atoms with Crippen LogP contribution < -0.4 is 10.2 Å². The van der Waals surface area contributed by atoms with Gasteiger partial charge in [-0.25, -0.2) is 4.79 Å². The standard InChI is InChI=1S/C22H20N2O3/c1-16-8-10-17(11-9-16)15-27-21-7-2-4-18(12-21)14-23-24-20-6-3-5-19(13-20)22(25)26/h2-14,24H,15H2,1H3,(H,25,26). The van der Waals surface area contributed by atoms with Gasteiger partial charge in [0.2, 0.25) is 0 Å².